The van der Waals surface area contributed by atoms with Crippen molar-refractivity contribution in [3.8, 4) is 5.75 Å². The maximum Gasteiger partial charge on any atom is 0.402 e. The summed E-state index contributed by atoms with van der Waals surface area (Å²) in [4.78, 5) is 10.5. The molecule has 0 bridgehead atoms. The van der Waals surface area contributed by atoms with Crippen molar-refractivity contribution in [1.82, 2.24) is 0 Å². The molecule has 0 aliphatic carbocycles. The predicted octanol–water partition coefficient (Wildman–Crippen LogP) is 2.20. The normalized spacial score (nSPS) is 13.4. The first-order chi connectivity index (χ1) is 7.32. The number of aromatic hydroxyl groups is 1. The molecule has 1 atom stereocenters. The summed E-state index contributed by atoms with van der Waals surface area (Å²) in [6.07, 6.45) is -5.60. The van der Waals surface area contributed by atoms with Crippen LogP contribution in [0.5, 0.6) is 5.75 Å². The summed E-state index contributed by atoms with van der Waals surface area (Å²) in [5.41, 5.74) is -0.0350. The zero-order valence-corrected chi connectivity index (χ0v) is 8.03. The van der Waals surface area contributed by atoms with Gasteiger partial charge in [-0.05, 0) is 18.1 Å². The number of carbonyl (C=O) groups is 1. The van der Waals surface area contributed by atoms with Crippen molar-refractivity contribution >= 4 is 5.97 Å². The number of carboxylic acid groups (broad SMARTS) is 1. The lowest BCUT2D eigenvalue weighted by Crippen LogP contribution is -2.32. The van der Waals surface area contributed by atoms with Gasteiger partial charge in [0.2, 0.25) is 0 Å². The summed E-state index contributed by atoms with van der Waals surface area (Å²) in [5, 5.41) is 17.7. The summed E-state index contributed by atoms with van der Waals surface area (Å²) in [5.74, 6) is -4.78. The standard InChI is InChI=1S/C10H9F3O3/c11-10(12,13)7(9(15)16)5-6-3-1-2-4-8(6)14/h1-4,7,14H,5H2,(H,15,16). The maximum absolute atomic E-state index is 12.3. The molecule has 1 unspecified atom stereocenters. The minimum atomic E-state index is -4.83. The Balaban J connectivity index is 2.94. The van der Waals surface area contributed by atoms with Crippen LogP contribution in [0.1, 0.15) is 5.56 Å². The summed E-state index contributed by atoms with van der Waals surface area (Å²) < 4.78 is 37.0. The van der Waals surface area contributed by atoms with Gasteiger partial charge in [-0.2, -0.15) is 13.2 Å². The van der Waals surface area contributed by atoms with E-state index in [0.29, 0.717) is 0 Å². The fraction of sp³-hybridized carbons (Fsp3) is 0.300. The lowest BCUT2D eigenvalue weighted by atomic mass is 9.98. The number of phenols is 1. The molecule has 0 aliphatic rings. The molecule has 0 amide bonds. The summed E-state index contributed by atoms with van der Waals surface area (Å²) in [7, 11) is 0. The smallest absolute Gasteiger partial charge is 0.402 e. The van der Waals surface area contributed by atoms with Crippen LogP contribution in [-0.4, -0.2) is 22.4 Å². The zero-order chi connectivity index (χ0) is 12.3. The number of phenolic OH excluding ortho intramolecular Hbond substituents is 1. The zero-order valence-electron chi connectivity index (χ0n) is 8.03. The van der Waals surface area contributed by atoms with Crippen LogP contribution < -0.4 is 0 Å². The molecule has 0 spiro atoms. The van der Waals surface area contributed by atoms with Crippen molar-refractivity contribution in [2.45, 2.75) is 12.6 Å². The van der Waals surface area contributed by atoms with Gasteiger partial charge in [0.25, 0.3) is 0 Å². The highest BCUT2D eigenvalue weighted by molar-refractivity contribution is 5.71. The Hall–Kier alpha value is -1.72. The third-order valence-corrected chi connectivity index (χ3v) is 2.11. The molecule has 3 nitrogen and oxygen atoms in total. The van der Waals surface area contributed by atoms with Gasteiger partial charge in [-0.15, -0.1) is 0 Å². The highest BCUT2D eigenvalue weighted by Crippen LogP contribution is 2.31. The number of carboxylic acids is 1. The molecule has 0 aromatic heterocycles. The summed E-state index contributed by atoms with van der Waals surface area (Å²) in [6.45, 7) is 0. The molecule has 16 heavy (non-hydrogen) atoms. The van der Waals surface area contributed by atoms with Crippen LogP contribution in [0.3, 0.4) is 0 Å². The topological polar surface area (TPSA) is 57.5 Å². The number of alkyl halides is 3. The van der Waals surface area contributed by atoms with E-state index in [1.807, 2.05) is 0 Å². The number of hydrogen-bond acceptors (Lipinski definition) is 2. The van der Waals surface area contributed by atoms with Crippen LogP contribution in [0.2, 0.25) is 0 Å². The van der Waals surface area contributed by atoms with Gasteiger partial charge >= 0.3 is 12.1 Å². The van der Waals surface area contributed by atoms with Gasteiger partial charge in [-0.3, -0.25) is 4.79 Å². The van der Waals surface area contributed by atoms with E-state index in [9.17, 15) is 23.1 Å². The second-order valence-corrected chi connectivity index (χ2v) is 3.27. The maximum atomic E-state index is 12.3. The first kappa shape index (κ1) is 12.4. The molecular formula is C10H9F3O3. The summed E-state index contributed by atoms with van der Waals surface area (Å²) in [6, 6.07) is 5.36. The molecule has 2 N–H and O–H groups in total. The van der Waals surface area contributed by atoms with E-state index in [1.54, 1.807) is 0 Å². The Morgan fingerprint density at radius 3 is 2.31 bits per heavy atom. The van der Waals surface area contributed by atoms with Crippen molar-refractivity contribution in [1.29, 1.82) is 0 Å². The highest BCUT2D eigenvalue weighted by Gasteiger charge is 2.45. The van der Waals surface area contributed by atoms with E-state index in [2.05, 4.69) is 0 Å². The second kappa shape index (κ2) is 4.42. The molecule has 88 valence electrons. The highest BCUT2D eigenvalue weighted by atomic mass is 19.4. The van der Waals surface area contributed by atoms with Crippen LogP contribution in [0, 0.1) is 5.92 Å². The van der Waals surface area contributed by atoms with E-state index in [-0.39, 0.29) is 11.3 Å². The molecule has 1 rings (SSSR count). The molecule has 0 radical (unpaired) electrons. The predicted molar refractivity (Wildman–Crippen MR) is 49.0 cm³/mol. The Morgan fingerprint density at radius 2 is 1.88 bits per heavy atom. The molecule has 1 aromatic rings. The SMILES string of the molecule is O=C(O)C(Cc1ccccc1O)C(F)(F)F. The Morgan fingerprint density at radius 1 is 1.31 bits per heavy atom. The van der Waals surface area contributed by atoms with Crippen molar-refractivity contribution in [3.05, 3.63) is 29.8 Å². The Labute approximate surface area is 89.1 Å². The average molecular weight is 234 g/mol. The van der Waals surface area contributed by atoms with E-state index >= 15 is 0 Å². The lowest BCUT2D eigenvalue weighted by Gasteiger charge is -2.16. The largest absolute Gasteiger partial charge is 0.508 e. The van der Waals surface area contributed by atoms with E-state index in [1.165, 1.54) is 24.3 Å². The van der Waals surface area contributed by atoms with E-state index in [4.69, 9.17) is 5.11 Å². The van der Waals surface area contributed by atoms with Crippen LogP contribution >= 0.6 is 0 Å². The molecular weight excluding hydrogens is 225 g/mol. The third kappa shape index (κ3) is 2.88. The lowest BCUT2D eigenvalue weighted by molar-refractivity contribution is -0.193. The number of halogens is 3. The van der Waals surface area contributed by atoms with E-state index < -0.39 is 24.5 Å². The van der Waals surface area contributed by atoms with Gasteiger partial charge in [-0.1, -0.05) is 18.2 Å². The summed E-state index contributed by atoms with van der Waals surface area (Å²) >= 11 is 0. The van der Waals surface area contributed by atoms with Crippen molar-refractivity contribution in [2.24, 2.45) is 5.92 Å². The van der Waals surface area contributed by atoms with Crippen LogP contribution in [0.4, 0.5) is 13.2 Å². The Bertz CT molecular complexity index is 387. The monoisotopic (exact) mass is 234 g/mol. The van der Waals surface area contributed by atoms with E-state index in [0.717, 1.165) is 0 Å². The van der Waals surface area contributed by atoms with Gasteiger partial charge in [0.15, 0.2) is 5.92 Å². The number of para-hydroxylation sites is 1. The number of benzene rings is 1. The molecule has 6 heteroatoms. The molecule has 0 fully saturated rings. The van der Waals surface area contributed by atoms with Gasteiger partial charge in [-0.25, -0.2) is 0 Å². The van der Waals surface area contributed by atoms with Gasteiger partial charge in [0.1, 0.15) is 5.75 Å². The molecule has 0 saturated carbocycles. The van der Waals surface area contributed by atoms with Crippen molar-refractivity contribution in [2.75, 3.05) is 0 Å². The molecule has 0 saturated heterocycles. The van der Waals surface area contributed by atoms with Crippen LogP contribution in [0.25, 0.3) is 0 Å². The second-order valence-electron chi connectivity index (χ2n) is 3.27. The van der Waals surface area contributed by atoms with Crippen molar-refractivity contribution < 1.29 is 28.2 Å². The fourth-order valence-corrected chi connectivity index (χ4v) is 1.25. The number of rotatable bonds is 3. The van der Waals surface area contributed by atoms with Crippen LogP contribution in [0.15, 0.2) is 24.3 Å². The minimum Gasteiger partial charge on any atom is -0.508 e. The Kier molecular flexibility index (Phi) is 3.41. The first-order valence-electron chi connectivity index (χ1n) is 4.38. The van der Waals surface area contributed by atoms with Crippen molar-refractivity contribution in [3.63, 3.8) is 0 Å². The average Bonchev–Trinajstić information content (AvgIpc) is 2.14. The van der Waals surface area contributed by atoms with Gasteiger partial charge < -0.3 is 10.2 Å². The quantitative estimate of drug-likeness (QED) is 0.842. The first-order valence-corrected chi connectivity index (χ1v) is 4.38. The fourth-order valence-electron chi connectivity index (χ4n) is 1.25. The molecule has 0 aliphatic heterocycles. The van der Waals surface area contributed by atoms with Gasteiger partial charge in [0.05, 0.1) is 0 Å². The van der Waals surface area contributed by atoms with Gasteiger partial charge in [0, 0.05) is 0 Å². The number of hydrogen-bond donors (Lipinski definition) is 2. The molecule has 1 aromatic carbocycles. The van der Waals surface area contributed by atoms with Crippen LogP contribution in [-0.2, 0) is 11.2 Å². The third-order valence-electron chi connectivity index (χ3n) is 2.11. The minimum absolute atomic E-state index is 0.0350. The number of aliphatic carboxylic acids is 1. The molecule has 0 heterocycles.